The molecular weight excluding hydrogens is 394 g/mol. The Labute approximate surface area is 179 Å². The van der Waals surface area contributed by atoms with Gasteiger partial charge in [-0.1, -0.05) is 0 Å². The quantitative estimate of drug-likeness (QED) is 0.324. The number of methoxy groups -OCH3 is 1. The number of rotatable bonds is 6. The van der Waals surface area contributed by atoms with Crippen LogP contribution in [0.2, 0.25) is 0 Å². The van der Waals surface area contributed by atoms with E-state index in [9.17, 15) is 4.79 Å². The third-order valence-electron chi connectivity index (χ3n) is 5.95. The lowest BCUT2D eigenvalue weighted by molar-refractivity contribution is 0.0601. The van der Waals surface area contributed by atoms with E-state index >= 15 is 0 Å². The Bertz CT molecular complexity index is 1270. The highest BCUT2D eigenvalue weighted by Crippen LogP contribution is 2.33. The second kappa shape index (κ2) is 7.90. The number of nitrogen functional groups attached to an aromatic ring is 1. The van der Waals surface area contributed by atoms with Gasteiger partial charge in [-0.3, -0.25) is 0 Å². The van der Waals surface area contributed by atoms with Crippen LogP contribution in [-0.4, -0.2) is 44.1 Å². The number of aromatic amines is 1. The first-order valence-corrected chi connectivity index (χ1v) is 10.6. The number of nitrogens with two attached hydrogens (primary N) is 1. The summed E-state index contributed by atoms with van der Waals surface area (Å²) >= 11 is 0. The molecule has 1 aliphatic carbocycles. The van der Waals surface area contributed by atoms with E-state index in [0.29, 0.717) is 35.0 Å². The summed E-state index contributed by atoms with van der Waals surface area (Å²) in [5.74, 6) is 0.577. The summed E-state index contributed by atoms with van der Waals surface area (Å²) in [6.07, 6.45) is 6.97. The minimum absolute atomic E-state index is 0.295. The van der Waals surface area contributed by atoms with Crippen LogP contribution >= 0.6 is 0 Å². The predicted molar refractivity (Wildman–Crippen MR) is 119 cm³/mol. The molecule has 3 heterocycles. The van der Waals surface area contributed by atoms with Crippen LogP contribution in [0.3, 0.4) is 0 Å². The maximum atomic E-state index is 12.0. The molecule has 4 aromatic rings. The Hall–Kier alpha value is -3.62. The highest BCUT2D eigenvalue weighted by atomic mass is 16.5. The van der Waals surface area contributed by atoms with Gasteiger partial charge in [0.25, 0.3) is 0 Å². The van der Waals surface area contributed by atoms with Crippen LogP contribution in [0.25, 0.3) is 22.1 Å². The van der Waals surface area contributed by atoms with E-state index in [1.807, 2.05) is 18.2 Å². The molecule has 0 unspecified atom stereocenters. The van der Waals surface area contributed by atoms with Crippen molar-refractivity contribution in [1.29, 1.82) is 0 Å². The lowest BCUT2D eigenvalue weighted by atomic mass is 9.95. The van der Waals surface area contributed by atoms with Crippen molar-refractivity contribution in [3.05, 3.63) is 41.3 Å². The number of nitrogens with zero attached hydrogens (tertiary/aromatic N) is 4. The van der Waals surface area contributed by atoms with Crippen LogP contribution in [-0.2, 0) is 24.1 Å². The average Bonchev–Trinajstić information content (AvgIpc) is 3.39. The molecule has 0 spiro atoms. The maximum Gasteiger partial charge on any atom is 0.337 e. The SMILES string of the molecule is COC(=O)c1ccc2c(c1)c1c(n2CCCNc2nc(N)c3[nH]cnc3n2)CCCC1. The molecular formula is C22H25N7O2. The number of aromatic nitrogens is 5. The average molecular weight is 419 g/mol. The Balaban J connectivity index is 1.35. The topological polar surface area (TPSA) is 124 Å². The van der Waals surface area contributed by atoms with Crippen LogP contribution in [0, 0.1) is 0 Å². The highest BCUT2D eigenvalue weighted by molar-refractivity contribution is 5.96. The van der Waals surface area contributed by atoms with Gasteiger partial charge in [0.05, 0.1) is 19.0 Å². The third-order valence-corrected chi connectivity index (χ3v) is 5.95. The molecule has 9 nitrogen and oxygen atoms in total. The number of aryl methyl sites for hydroxylation is 2. The summed E-state index contributed by atoms with van der Waals surface area (Å²) in [7, 11) is 1.42. The fourth-order valence-electron chi connectivity index (χ4n) is 4.51. The number of imidazole rings is 1. The molecule has 31 heavy (non-hydrogen) atoms. The van der Waals surface area contributed by atoms with Crippen molar-refractivity contribution in [1.82, 2.24) is 24.5 Å². The lowest BCUT2D eigenvalue weighted by Crippen LogP contribution is -2.12. The fourth-order valence-corrected chi connectivity index (χ4v) is 4.51. The first-order chi connectivity index (χ1) is 15.2. The van der Waals surface area contributed by atoms with Crippen LogP contribution in [0.4, 0.5) is 11.8 Å². The maximum absolute atomic E-state index is 12.0. The Morgan fingerprint density at radius 3 is 3.03 bits per heavy atom. The van der Waals surface area contributed by atoms with Gasteiger partial charge in [-0.25, -0.2) is 9.78 Å². The molecule has 0 aliphatic heterocycles. The van der Waals surface area contributed by atoms with E-state index in [4.69, 9.17) is 10.5 Å². The number of carbonyl (C=O) groups excluding carboxylic acids is 1. The molecule has 160 valence electrons. The first-order valence-electron chi connectivity index (χ1n) is 10.6. The van der Waals surface area contributed by atoms with E-state index in [1.165, 1.54) is 42.1 Å². The minimum Gasteiger partial charge on any atom is -0.465 e. The Morgan fingerprint density at radius 1 is 1.29 bits per heavy atom. The number of nitrogens with one attached hydrogen (secondary N) is 2. The number of carbonyl (C=O) groups is 1. The molecule has 0 saturated carbocycles. The zero-order valence-electron chi connectivity index (χ0n) is 17.4. The number of fused-ring (bicyclic) bond motifs is 4. The van der Waals surface area contributed by atoms with Gasteiger partial charge >= 0.3 is 5.97 Å². The molecule has 1 aliphatic rings. The lowest BCUT2D eigenvalue weighted by Gasteiger charge is -2.16. The minimum atomic E-state index is -0.295. The summed E-state index contributed by atoms with van der Waals surface area (Å²) in [6.45, 7) is 1.58. The van der Waals surface area contributed by atoms with E-state index in [-0.39, 0.29) is 5.97 Å². The number of H-pyrrole nitrogens is 1. The van der Waals surface area contributed by atoms with Crippen molar-refractivity contribution in [2.45, 2.75) is 38.6 Å². The van der Waals surface area contributed by atoms with Crippen molar-refractivity contribution >= 4 is 39.8 Å². The highest BCUT2D eigenvalue weighted by Gasteiger charge is 2.21. The van der Waals surface area contributed by atoms with Crippen molar-refractivity contribution in [2.75, 3.05) is 24.7 Å². The van der Waals surface area contributed by atoms with Gasteiger partial charge in [-0.15, -0.1) is 0 Å². The molecule has 1 aromatic carbocycles. The number of hydrogen-bond acceptors (Lipinski definition) is 7. The second-order valence-electron chi connectivity index (χ2n) is 7.82. The molecule has 0 amide bonds. The van der Waals surface area contributed by atoms with Gasteiger partial charge in [-0.2, -0.15) is 9.97 Å². The Kier molecular flexibility index (Phi) is 4.93. The number of ether oxygens (including phenoxy) is 1. The second-order valence-corrected chi connectivity index (χ2v) is 7.82. The largest absolute Gasteiger partial charge is 0.465 e. The molecule has 0 saturated heterocycles. The molecule has 0 atom stereocenters. The zero-order valence-corrected chi connectivity index (χ0v) is 17.4. The summed E-state index contributed by atoms with van der Waals surface area (Å²) in [4.78, 5) is 27.8. The monoisotopic (exact) mass is 419 g/mol. The number of benzene rings is 1. The van der Waals surface area contributed by atoms with Gasteiger partial charge in [0.1, 0.15) is 5.52 Å². The number of esters is 1. The molecule has 5 rings (SSSR count). The summed E-state index contributed by atoms with van der Waals surface area (Å²) in [5, 5.41) is 4.43. The van der Waals surface area contributed by atoms with E-state index in [0.717, 1.165) is 25.8 Å². The first kappa shape index (κ1) is 19.3. The number of anilines is 2. The van der Waals surface area contributed by atoms with Crippen molar-refractivity contribution in [3.63, 3.8) is 0 Å². The smallest absolute Gasteiger partial charge is 0.337 e. The van der Waals surface area contributed by atoms with E-state index in [2.05, 4.69) is 29.8 Å². The van der Waals surface area contributed by atoms with Gasteiger partial charge in [0.2, 0.25) is 5.95 Å². The van der Waals surface area contributed by atoms with E-state index < -0.39 is 0 Å². The zero-order chi connectivity index (χ0) is 21.4. The predicted octanol–water partition coefficient (Wildman–Crippen LogP) is 3.06. The van der Waals surface area contributed by atoms with Crippen molar-refractivity contribution in [2.24, 2.45) is 0 Å². The summed E-state index contributed by atoms with van der Waals surface area (Å²) < 4.78 is 7.31. The van der Waals surface area contributed by atoms with Crippen LogP contribution in [0.1, 0.15) is 40.9 Å². The van der Waals surface area contributed by atoms with Gasteiger partial charge in [-0.05, 0) is 55.9 Å². The van der Waals surface area contributed by atoms with Crippen LogP contribution in [0.5, 0.6) is 0 Å². The Morgan fingerprint density at radius 2 is 2.16 bits per heavy atom. The van der Waals surface area contributed by atoms with Crippen LogP contribution < -0.4 is 11.1 Å². The van der Waals surface area contributed by atoms with Gasteiger partial charge < -0.3 is 25.3 Å². The normalized spacial score (nSPS) is 13.5. The van der Waals surface area contributed by atoms with Gasteiger partial charge in [0.15, 0.2) is 11.5 Å². The summed E-state index contributed by atoms with van der Waals surface area (Å²) in [6, 6.07) is 5.88. The van der Waals surface area contributed by atoms with Crippen molar-refractivity contribution in [3.8, 4) is 0 Å². The molecule has 0 bridgehead atoms. The molecule has 4 N–H and O–H groups in total. The van der Waals surface area contributed by atoms with Crippen molar-refractivity contribution < 1.29 is 9.53 Å². The van der Waals surface area contributed by atoms with Crippen LogP contribution in [0.15, 0.2) is 24.5 Å². The van der Waals surface area contributed by atoms with E-state index in [1.54, 1.807) is 6.33 Å². The third kappa shape index (κ3) is 3.45. The fraction of sp³-hybridized carbons (Fsp3) is 0.364. The summed E-state index contributed by atoms with van der Waals surface area (Å²) in [5.41, 5.74) is 11.7. The standard InChI is InChI=1S/C22H25N7O2/c1-31-21(30)13-7-8-17-15(11-13)14-5-2-3-6-16(14)29(17)10-4-9-24-22-27-19(23)18-20(28-22)26-12-25-18/h7-8,11-12H,2-6,9-10H2,1H3,(H4,23,24,25,26,27,28). The molecule has 0 fully saturated rings. The molecule has 9 heteroatoms. The number of hydrogen-bond donors (Lipinski definition) is 3. The molecule has 0 radical (unpaired) electrons. The molecule has 3 aromatic heterocycles. The van der Waals surface area contributed by atoms with Gasteiger partial charge in [0, 0.05) is 29.7 Å².